The SMILES string of the molecule is COc1ccc(C(=O)Nc2ccc3c(C)c(C)c(=O)[nH]c3c2)c(OC)c1. The van der Waals surface area contributed by atoms with Crippen LogP contribution in [0.5, 0.6) is 11.5 Å². The third kappa shape index (κ3) is 3.13. The van der Waals surface area contributed by atoms with E-state index < -0.39 is 0 Å². The number of H-pyrrole nitrogens is 1. The van der Waals surface area contributed by atoms with Gasteiger partial charge in [0, 0.05) is 22.7 Å². The van der Waals surface area contributed by atoms with E-state index in [9.17, 15) is 9.59 Å². The van der Waals surface area contributed by atoms with Gasteiger partial charge in [0.1, 0.15) is 11.5 Å². The molecule has 0 fully saturated rings. The Kier molecular flexibility index (Phi) is 4.67. The number of pyridine rings is 1. The number of hydrogen-bond donors (Lipinski definition) is 2. The van der Waals surface area contributed by atoms with Crippen molar-refractivity contribution in [1.82, 2.24) is 4.98 Å². The van der Waals surface area contributed by atoms with Crippen molar-refractivity contribution < 1.29 is 14.3 Å². The second kappa shape index (κ2) is 6.92. The molecule has 2 aromatic carbocycles. The zero-order chi connectivity index (χ0) is 18.8. The average molecular weight is 352 g/mol. The molecule has 0 saturated heterocycles. The summed E-state index contributed by atoms with van der Waals surface area (Å²) in [7, 11) is 3.05. The van der Waals surface area contributed by atoms with Crippen LogP contribution >= 0.6 is 0 Å². The highest BCUT2D eigenvalue weighted by Gasteiger charge is 2.14. The summed E-state index contributed by atoms with van der Waals surface area (Å²) in [5.74, 6) is 0.713. The van der Waals surface area contributed by atoms with E-state index in [2.05, 4.69) is 10.3 Å². The van der Waals surface area contributed by atoms with Crippen LogP contribution in [0.1, 0.15) is 21.5 Å². The molecule has 2 N–H and O–H groups in total. The van der Waals surface area contributed by atoms with Crippen molar-refractivity contribution in [1.29, 1.82) is 0 Å². The standard InChI is InChI=1S/C20H20N2O4/c1-11-12(2)19(23)22-17-9-13(5-7-15(11)17)21-20(24)16-8-6-14(25-3)10-18(16)26-4/h5-10H,1-4H3,(H,21,24)(H,22,23). The Morgan fingerprint density at radius 3 is 2.46 bits per heavy atom. The number of rotatable bonds is 4. The number of amides is 1. The van der Waals surface area contributed by atoms with E-state index in [4.69, 9.17) is 9.47 Å². The van der Waals surface area contributed by atoms with E-state index >= 15 is 0 Å². The van der Waals surface area contributed by atoms with Crippen LogP contribution in [-0.4, -0.2) is 25.1 Å². The van der Waals surface area contributed by atoms with Crippen molar-refractivity contribution in [3.05, 3.63) is 63.4 Å². The number of benzene rings is 2. The fourth-order valence-corrected chi connectivity index (χ4v) is 2.83. The van der Waals surface area contributed by atoms with Gasteiger partial charge in [0.2, 0.25) is 0 Å². The van der Waals surface area contributed by atoms with E-state index in [1.165, 1.54) is 7.11 Å². The molecule has 1 amide bonds. The maximum Gasteiger partial charge on any atom is 0.259 e. The lowest BCUT2D eigenvalue weighted by atomic mass is 10.1. The van der Waals surface area contributed by atoms with Gasteiger partial charge in [-0.15, -0.1) is 0 Å². The molecule has 0 radical (unpaired) electrons. The number of ether oxygens (including phenoxy) is 2. The van der Waals surface area contributed by atoms with E-state index in [-0.39, 0.29) is 11.5 Å². The molecule has 1 aromatic heterocycles. The third-order valence-electron chi connectivity index (χ3n) is 4.49. The quantitative estimate of drug-likeness (QED) is 0.754. The lowest BCUT2D eigenvalue weighted by Gasteiger charge is -2.12. The molecule has 6 heteroatoms. The van der Waals surface area contributed by atoms with Gasteiger partial charge >= 0.3 is 0 Å². The van der Waals surface area contributed by atoms with Crippen LogP contribution in [0.25, 0.3) is 10.9 Å². The summed E-state index contributed by atoms with van der Waals surface area (Å²) in [6, 6.07) is 10.4. The first kappa shape index (κ1) is 17.5. The van der Waals surface area contributed by atoms with Crippen molar-refractivity contribution >= 4 is 22.5 Å². The van der Waals surface area contributed by atoms with E-state index in [0.717, 1.165) is 10.9 Å². The molecule has 26 heavy (non-hydrogen) atoms. The van der Waals surface area contributed by atoms with Crippen LogP contribution in [0.3, 0.4) is 0 Å². The summed E-state index contributed by atoms with van der Waals surface area (Å²) in [5, 5.41) is 3.78. The van der Waals surface area contributed by atoms with Crippen LogP contribution in [-0.2, 0) is 0 Å². The van der Waals surface area contributed by atoms with Gasteiger partial charge in [-0.25, -0.2) is 0 Å². The topological polar surface area (TPSA) is 80.4 Å². The summed E-state index contributed by atoms with van der Waals surface area (Å²) in [6.07, 6.45) is 0. The molecule has 1 heterocycles. The monoisotopic (exact) mass is 352 g/mol. The molecule has 0 saturated carbocycles. The molecule has 0 aliphatic heterocycles. The number of methoxy groups -OCH3 is 2. The van der Waals surface area contributed by atoms with Crippen LogP contribution in [0.15, 0.2) is 41.2 Å². The van der Waals surface area contributed by atoms with Crippen LogP contribution in [0.4, 0.5) is 5.69 Å². The maximum absolute atomic E-state index is 12.6. The van der Waals surface area contributed by atoms with Crippen molar-refractivity contribution in [2.75, 3.05) is 19.5 Å². The molecule has 0 atom stereocenters. The first-order valence-electron chi connectivity index (χ1n) is 8.11. The lowest BCUT2D eigenvalue weighted by Crippen LogP contribution is -2.14. The van der Waals surface area contributed by atoms with Crippen molar-refractivity contribution in [3.8, 4) is 11.5 Å². The van der Waals surface area contributed by atoms with E-state index in [0.29, 0.717) is 33.8 Å². The van der Waals surface area contributed by atoms with Crippen LogP contribution in [0.2, 0.25) is 0 Å². The maximum atomic E-state index is 12.6. The Hall–Kier alpha value is -3.28. The number of aromatic amines is 1. The van der Waals surface area contributed by atoms with Crippen molar-refractivity contribution in [2.45, 2.75) is 13.8 Å². The first-order chi connectivity index (χ1) is 12.4. The molecule has 3 rings (SSSR count). The number of aromatic nitrogens is 1. The molecule has 134 valence electrons. The predicted molar refractivity (Wildman–Crippen MR) is 102 cm³/mol. The molecule has 0 aliphatic carbocycles. The molecule has 0 bridgehead atoms. The van der Waals surface area contributed by atoms with Gasteiger partial charge in [-0.1, -0.05) is 6.07 Å². The summed E-state index contributed by atoms with van der Waals surface area (Å²) in [5.41, 5.74) is 3.14. The number of hydrogen-bond acceptors (Lipinski definition) is 4. The minimum atomic E-state index is -0.310. The zero-order valence-electron chi connectivity index (χ0n) is 15.1. The van der Waals surface area contributed by atoms with Crippen molar-refractivity contribution in [3.63, 3.8) is 0 Å². The highest BCUT2D eigenvalue weighted by Crippen LogP contribution is 2.26. The number of carbonyl (C=O) groups excluding carboxylic acids is 1. The Labute approximate surface area is 150 Å². The van der Waals surface area contributed by atoms with Gasteiger partial charge in [0.25, 0.3) is 11.5 Å². The highest BCUT2D eigenvalue weighted by atomic mass is 16.5. The molecular formula is C20H20N2O4. The van der Waals surface area contributed by atoms with Gasteiger partial charge in [-0.05, 0) is 43.7 Å². The highest BCUT2D eigenvalue weighted by molar-refractivity contribution is 6.07. The molecule has 3 aromatic rings. The molecular weight excluding hydrogens is 332 g/mol. The Morgan fingerprint density at radius 1 is 1.00 bits per heavy atom. The lowest BCUT2D eigenvalue weighted by molar-refractivity contribution is 0.102. The zero-order valence-corrected chi connectivity index (χ0v) is 15.1. The molecule has 6 nitrogen and oxygen atoms in total. The van der Waals surface area contributed by atoms with Crippen LogP contribution in [0, 0.1) is 13.8 Å². The van der Waals surface area contributed by atoms with Gasteiger partial charge in [-0.2, -0.15) is 0 Å². The Bertz CT molecular complexity index is 1050. The number of fused-ring (bicyclic) bond motifs is 1. The Morgan fingerprint density at radius 2 is 1.77 bits per heavy atom. The number of carbonyl (C=O) groups is 1. The Balaban J connectivity index is 1.95. The van der Waals surface area contributed by atoms with Gasteiger partial charge in [0.15, 0.2) is 0 Å². The summed E-state index contributed by atoms with van der Waals surface area (Å²) in [6.45, 7) is 3.70. The van der Waals surface area contributed by atoms with Crippen LogP contribution < -0.4 is 20.3 Å². The fraction of sp³-hybridized carbons (Fsp3) is 0.200. The minimum absolute atomic E-state index is 0.129. The minimum Gasteiger partial charge on any atom is -0.497 e. The van der Waals surface area contributed by atoms with Gasteiger partial charge in [-0.3, -0.25) is 9.59 Å². The number of aryl methyl sites for hydroxylation is 1. The number of anilines is 1. The van der Waals surface area contributed by atoms with Crippen molar-refractivity contribution in [2.24, 2.45) is 0 Å². The fourth-order valence-electron chi connectivity index (χ4n) is 2.83. The largest absolute Gasteiger partial charge is 0.497 e. The van der Waals surface area contributed by atoms with Gasteiger partial charge < -0.3 is 19.8 Å². The third-order valence-corrected chi connectivity index (χ3v) is 4.49. The summed E-state index contributed by atoms with van der Waals surface area (Å²) >= 11 is 0. The second-order valence-corrected chi connectivity index (χ2v) is 5.98. The van der Waals surface area contributed by atoms with E-state index in [1.807, 2.05) is 13.0 Å². The predicted octanol–water partition coefficient (Wildman–Crippen LogP) is 3.41. The summed E-state index contributed by atoms with van der Waals surface area (Å²) in [4.78, 5) is 27.4. The van der Waals surface area contributed by atoms with Gasteiger partial charge in [0.05, 0.1) is 25.3 Å². The second-order valence-electron chi connectivity index (χ2n) is 5.98. The summed E-state index contributed by atoms with van der Waals surface area (Å²) < 4.78 is 10.4. The van der Waals surface area contributed by atoms with E-state index in [1.54, 1.807) is 44.4 Å². The average Bonchev–Trinajstić information content (AvgIpc) is 2.65. The molecule has 0 spiro atoms. The first-order valence-corrected chi connectivity index (χ1v) is 8.11. The molecule has 0 aliphatic rings. The normalized spacial score (nSPS) is 10.6. The number of nitrogens with one attached hydrogen (secondary N) is 2. The molecule has 0 unspecified atom stereocenters. The smallest absolute Gasteiger partial charge is 0.259 e.